The second kappa shape index (κ2) is 51.7. The molecule has 0 saturated carbocycles. The highest BCUT2D eigenvalue weighted by atomic mass is 16.4. The van der Waals surface area contributed by atoms with E-state index >= 15 is 0 Å². The van der Waals surface area contributed by atoms with Crippen molar-refractivity contribution in [3.05, 3.63) is 59.7 Å². The van der Waals surface area contributed by atoms with Crippen LogP contribution in [-0.2, 0) is 109 Å². The van der Waals surface area contributed by atoms with Crippen LogP contribution in [0.25, 0.3) is 0 Å². The zero-order valence-electron chi connectivity index (χ0n) is 68.6. The van der Waals surface area contributed by atoms with E-state index in [1.165, 1.54) is 69.3 Å². The number of hydrogen-bond donors (Lipinski definition) is 27. The summed E-state index contributed by atoms with van der Waals surface area (Å²) in [7, 11) is 0. The van der Waals surface area contributed by atoms with Gasteiger partial charge in [-0.15, -0.1) is 0 Å². The molecule has 0 bridgehead atoms. The number of primary amides is 1. The molecule has 1 aliphatic rings. The number of aromatic hydroxyl groups is 2. The summed E-state index contributed by atoms with van der Waals surface area (Å²) in [6, 6.07) is -13.9. The number of amides is 17. The fourth-order valence-electron chi connectivity index (χ4n) is 12.0. The number of aliphatic carboxylic acids is 3. The van der Waals surface area contributed by atoms with Crippen LogP contribution in [-0.4, -0.2) is 312 Å². The third-order valence-corrected chi connectivity index (χ3v) is 19.1. The predicted octanol–water partition coefficient (Wildman–Crippen LogP) is -11.1. The first-order valence-corrected chi connectivity index (χ1v) is 39.1. The van der Waals surface area contributed by atoms with Gasteiger partial charge in [-0.25, -0.2) is 0 Å². The number of likely N-dealkylation sites (tertiary alicyclic amines) is 1. The Morgan fingerprint density at radius 3 is 1.34 bits per heavy atom. The fraction of sp³-hybridized carbons (Fsp3) is 0.573. The van der Waals surface area contributed by atoms with Crippen LogP contribution in [0.4, 0.5) is 0 Å². The van der Waals surface area contributed by atoms with E-state index in [2.05, 4.69) is 69.1 Å². The lowest BCUT2D eigenvalue weighted by Gasteiger charge is -2.31. The molecule has 0 aliphatic carbocycles. The summed E-state index contributed by atoms with van der Waals surface area (Å²) in [5, 5.41) is 124. The average Bonchev–Trinajstić information content (AvgIpc) is 1.79. The van der Waals surface area contributed by atoms with Crippen molar-refractivity contribution >= 4 is 118 Å². The number of benzene rings is 2. The van der Waals surface area contributed by atoms with Crippen molar-refractivity contribution in [2.75, 3.05) is 45.9 Å². The zero-order chi connectivity index (χ0) is 92.8. The summed E-state index contributed by atoms with van der Waals surface area (Å²) in [4.78, 5) is 267. The standard InChI is InChI=1S/C75H113N19O29/c1-8-35(4)60(92-71(119)58(78)37(6)97)73(121)89-48(26-52(77)101)75(123)94-23-11-13-51(94)70(118)80-30-53(102)83-46(27-55(104)105)64(112)79-29-54(103)84-49(32-95)68(116)93-61(38(7)98)74(122)88-45(25-40-16-20-42(100)21-17-40)66(114)87-44(24-39-14-18-41(99)19-15-39)65(113)82-36(5)62(110)86-47(28-56(106)107)67(115)90-50(33-96)69(117)91-59(34(2)3)72(120)85-43(12-9-10-22-76)63(111)81-31-57(108)109/h14-21,34-38,43-51,58-61,95-100H,8-13,22-33,76,78H2,1-7H3,(H2,77,101)(H,79,112)(H,80,118)(H,81,111)(H,82,113)(H,83,102)(H,84,103)(H,85,120)(H,86,110)(H,87,114)(H,88,122)(H,89,121)(H,90,115)(H,91,117)(H,92,119)(H,93,116)(H,104,105)(H,106,107)(H,108,109)/t35-,36-,37+,38+,43-,44-,45-,46-,47-,48-,49-,50-,51-,58-,59-,60-,61-/m0/s1. The molecule has 17 atom stereocenters. The zero-order valence-corrected chi connectivity index (χ0v) is 68.6. The van der Waals surface area contributed by atoms with Crippen molar-refractivity contribution in [2.45, 2.75) is 216 Å². The maximum atomic E-state index is 14.7. The second-order valence-corrected chi connectivity index (χ2v) is 29.4. The molecule has 2 aromatic carbocycles. The first-order valence-electron chi connectivity index (χ1n) is 39.1. The number of hydrogen-bond acceptors (Lipinski definition) is 28. The maximum Gasteiger partial charge on any atom is 0.322 e. The van der Waals surface area contributed by atoms with Crippen LogP contribution in [0.2, 0.25) is 0 Å². The number of carboxylic acids is 3. The monoisotopic (exact) mass is 1740 g/mol. The van der Waals surface area contributed by atoms with Gasteiger partial charge in [-0.1, -0.05) is 58.4 Å². The number of nitrogens with zero attached hydrogens (tertiary/aromatic N) is 1. The van der Waals surface area contributed by atoms with Gasteiger partial charge >= 0.3 is 17.9 Å². The summed E-state index contributed by atoms with van der Waals surface area (Å²) in [6.07, 6.45) is -6.04. The molecule has 3 rings (SSSR count). The number of phenolic OH excluding ortho intramolecular Hbond substituents is 2. The number of rotatable bonds is 53. The predicted molar refractivity (Wildman–Crippen MR) is 425 cm³/mol. The largest absolute Gasteiger partial charge is 0.508 e. The van der Waals surface area contributed by atoms with E-state index in [1.807, 2.05) is 10.6 Å². The van der Waals surface area contributed by atoms with E-state index < -0.39 is 292 Å². The molecule has 123 heavy (non-hydrogen) atoms. The van der Waals surface area contributed by atoms with Gasteiger partial charge in [0.1, 0.15) is 103 Å². The Morgan fingerprint density at radius 1 is 0.439 bits per heavy atom. The highest BCUT2D eigenvalue weighted by molar-refractivity contribution is 6.02. The van der Waals surface area contributed by atoms with Crippen LogP contribution in [0.15, 0.2) is 48.5 Å². The van der Waals surface area contributed by atoms with Gasteiger partial charge in [0, 0.05) is 19.4 Å². The van der Waals surface area contributed by atoms with Crippen molar-refractivity contribution in [3.63, 3.8) is 0 Å². The van der Waals surface area contributed by atoms with Crippen LogP contribution < -0.4 is 97.0 Å². The van der Waals surface area contributed by atoms with Crippen molar-refractivity contribution in [1.29, 1.82) is 0 Å². The molecule has 48 nitrogen and oxygen atoms in total. The number of carboxylic acid groups (broad SMARTS) is 3. The number of aliphatic hydroxyl groups excluding tert-OH is 4. The lowest BCUT2D eigenvalue weighted by molar-refractivity contribution is -0.143. The summed E-state index contributed by atoms with van der Waals surface area (Å²) in [5.74, 6) is -26.0. The fourth-order valence-corrected chi connectivity index (χ4v) is 12.0. The van der Waals surface area contributed by atoms with E-state index in [1.54, 1.807) is 13.8 Å². The Balaban J connectivity index is 1.79. The van der Waals surface area contributed by atoms with Gasteiger partial charge in [-0.2, -0.15) is 0 Å². The summed E-state index contributed by atoms with van der Waals surface area (Å²) < 4.78 is 0. The van der Waals surface area contributed by atoms with Gasteiger partial charge in [0.05, 0.1) is 57.8 Å². The van der Waals surface area contributed by atoms with Gasteiger partial charge < -0.3 is 148 Å². The van der Waals surface area contributed by atoms with Gasteiger partial charge in [0.15, 0.2) is 0 Å². The number of phenols is 2. The molecule has 17 amide bonds. The molecule has 0 aromatic heterocycles. The molecule has 0 radical (unpaired) electrons. The molecular weight excluding hydrogens is 1630 g/mol. The molecule has 682 valence electrons. The van der Waals surface area contributed by atoms with Crippen LogP contribution in [0.5, 0.6) is 11.5 Å². The molecule has 1 aliphatic heterocycles. The molecule has 30 N–H and O–H groups in total. The van der Waals surface area contributed by atoms with Crippen molar-refractivity contribution in [2.24, 2.45) is 29.0 Å². The summed E-state index contributed by atoms with van der Waals surface area (Å²) in [5.41, 5.74) is 17.2. The van der Waals surface area contributed by atoms with Gasteiger partial charge in [-0.05, 0) is 107 Å². The number of aliphatic hydroxyl groups is 4. The minimum absolute atomic E-state index is 0.00163. The third-order valence-electron chi connectivity index (χ3n) is 19.1. The highest BCUT2D eigenvalue weighted by Gasteiger charge is 2.42. The average molecular weight is 1740 g/mol. The van der Waals surface area contributed by atoms with E-state index in [9.17, 15) is 137 Å². The maximum absolute atomic E-state index is 14.7. The topological polar surface area (TPSA) is 785 Å². The number of carbonyl (C=O) groups is 20. The quantitative estimate of drug-likeness (QED) is 0.0274. The second-order valence-electron chi connectivity index (χ2n) is 29.4. The van der Waals surface area contributed by atoms with Gasteiger partial charge in [0.25, 0.3) is 0 Å². The molecule has 48 heteroatoms. The summed E-state index contributed by atoms with van der Waals surface area (Å²) >= 11 is 0. The first kappa shape index (κ1) is 104. The van der Waals surface area contributed by atoms with Gasteiger partial charge in [0.2, 0.25) is 100 Å². The van der Waals surface area contributed by atoms with Crippen molar-refractivity contribution in [1.82, 2.24) is 84.7 Å². The molecule has 1 heterocycles. The minimum atomic E-state index is -2.08. The van der Waals surface area contributed by atoms with Crippen LogP contribution in [0.3, 0.4) is 0 Å². The van der Waals surface area contributed by atoms with Crippen molar-refractivity contribution < 1.29 is 142 Å². The Bertz CT molecular complexity index is 4060. The Kier molecular flexibility index (Phi) is 43.9. The minimum Gasteiger partial charge on any atom is -0.508 e. The Morgan fingerprint density at radius 2 is 0.854 bits per heavy atom. The molecule has 1 saturated heterocycles. The molecule has 1 fully saturated rings. The Labute approximate surface area is 704 Å². The van der Waals surface area contributed by atoms with Crippen LogP contribution in [0.1, 0.15) is 117 Å². The number of carbonyl (C=O) groups excluding carboxylic acids is 17. The van der Waals surface area contributed by atoms with Gasteiger partial charge in [-0.3, -0.25) is 95.9 Å². The highest BCUT2D eigenvalue weighted by Crippen LogP contribution is 2.21. The van der Waals surface area contributed by atoms with E-state index in [0.29, 0.717) is 19.3 Å². The van der Waals surface area contributed by atoms with E-state index in [4.69, 9.17) is 22.3 Å². The number of unbranched alkanes of at least 4 members (excludes halogenated alkanes) is 1. The van der Waals surface area contributed by atoms with Crippen molar-refractivity contribution in [3.8, 4) is 11.5 Å². The third kappa shape index (κ3) is 35.8. The smallest absolute Gasteiger partial charge is 0.322 e. The van der Waals surface area contributed by atoms with Crippen LogP contribution >= 0.6 is 0 Å². The summed E-state index contributed by atoms with van der Waals surface area (Å²) in [6.45, 7) is 4.36. The molecular formula is C75H113N19O29. The van der Waals surface area contributed by atoms with Crippen LogP contribution in [0, 0.1) is 11.8 Å². The SMILES string of the molecule is CC[C@H](C)[C@H](NC(=O)[C@@H](N)[C@@H](C)O)C(=O)N[C@@H](CC(N)=O)C(=O)N1CCC[C@H]1C(=O)NCC(=O)N[C@@H](CC(=O)O)C(=O)NCC(=O)N[C@@H](CO)C(=O)N[C@H](C(=O)N[C@@H](Cc1ccc(O)cc1)C(=O)N[C@@H](Cc1ccc(O)cc1)C(=O)N[C@@H](C)C(=O)N[C@@H](CC(=O)O)C(=O)N[C@@H](CO)C(=O)N[C@H](C(=O)N[C@@H](CCCCN)C(=O)NCC(=O)O)C(C)C)[C@@H](C)O. The first-order chi connectivity index (χ1) is 57.7. The lowest BCUT2D eigenvalue weighted by atomic mass is 9.97. The Hall–Kier alpha value is -12.8. The number of nitrogens with two attached hydrogens (primary N) is 3. The molecule has 0 spiro atoms. The van der Waals surface area contributed by atoms with E-state index in [0.717, 1.165) is 18.7 Å². The number of nitrogens with one attached hydrogen (secondary N) is 15. The normalized spacial score (nSPS) is 16.2. The molecule has 0 unspecified atom stereocenters. The van der Waals surface area contributed by atoms with E-state index in [-0.39, 0.29) is 55.0 Å². The molecule has 2 aromatic rings. The lowest BCUT2D eigenvalue weighted by Crippen LogP contribution is -2.62.